The number of aromatic nitrogens is 1. The zero-order valence-corrected chi connectivity index (χ0v) is 10.7. The summed E-state index contributed by atoms with van der Waals surface area (Å²) in [6.45, 7) is 3.36. The Morgan fingerprint density at radius 2 is 2.05 bits per heavy atom. The predicted molar refractivity (Wildman–Crippen MR) is 68.2 cm³/mol. The number of nitrogens with one attached hydrogen (secondary N) is 1. The SMILES string of the molecule is Cc1noc(C)c1C(=O)NC(C#N)c1ccccc1. The van der Waals surface area contributed by atoms with E-state index < -0.39 is 6.04 Å². The summed E-state index contributed by atoms with van der Waals surface area (Å²) in [7, 11) is 0. The zero-order valence-electron chi connectivity index (χ0n) is 10.7. The molecule has 2 rings (SSSR count). The van der Waals surface area contributed by atoms with Gasteiger partial charge in [-0.1, -0.05) is 35.5 Å². The summed E-state index contributed by atoms with van der Waals surface area (Å²) in [6.07, 6.45) is 0. The van der Waals surface area contributed by atoms with Gasteiger partial charge in [-0.15, -0.1) is 0 Å². The van der Waals surface area contributed by atoms with Crippen LogP contribution in [0, 0.1) is 25.2 Å². The van der Waals surface area contributed by atoms with Gasteiger partial charge in [0.15, 0.2) is 0 Å². The molecule has 1 aromatic carbocycles. The van der Waals surface area contributed by atoms with Crippen LogP contribution in [0.1, 0.15) is 33.4 Å². The smallest absolute Gasteiger partial charge is 0.258 e. The zero-order chi connectivity index (χ0) is 13.8. The third-order valence-electron chi connectivity index (χ3n) is 2.80. The Hall–Kier alpha value is -2.61. The molecule has 2 aromatic rings. The molecule has 1 amide bonds. The number of aryl methyl sites for hydroxylation is 2. The van der Waals surface area contributed by atoms with Crippen LogP contribution in [0.15, 0.2) is 34.9 Å². The summed E-state index contributed by atoms with van der Waals surface area (Å²) in [6, 6.07) is 10.5. The van der Waals surface area contributed by atoms with E-state index in [9.17, 15) is 4.79 Å². The molecule has 0 spiro atoms. The van der Waals surface area contributed by atoms with Gasteiger partial charge in [-0.25, -0.2) is 0 Å². The van der Waals surface area contributed by atoms with E-state index in [1.54, 1.807) is 26.0 Å². The summed E-state index contributed by atoms with van der Waals surface area (Å²) < 4.78 is 4.94. The minimum atomic E-state index is -0.692. The number of hydrogen-bond acceptors (Lipinski definition) is 4. The van der Waals surface area contributed by atoms with Crippen LogP contribution < -0.4 is 5.32 Å². The van der Waals surface area contributed by atoms with E-state index in [1.807, 2.05) is 18.2 Å². The summed E-state index contributed by atoms with van der Waals surface area (Å²) in [5.41, 5.74) is 1.64. The van der Waals surface area contributed by atoms with E-state index in [-0.39, 0.29) is 5.91 Å². The molecule has 1 atom stereocenters. The third-order valence-corrected chi connectivity index (χ3v) is 2.80. The quantitative estimate of drug-likeness (QED) is 0.912. The number of amides is 1. The van der Waals surface area contributed by atoms with Crippen molar-refractivity contribution in [2.45, 2.75) is 19.9 Å². The Balaban J connectivity index is 2.21. The van der Waals surface area contributed by atoms with Crippen molar-refractivity contribution < 1.29 is 9.32 Å². The lowest BCUT2D eigenvalue weighted by Gasteiger charge is -2.11. The van der Waals surface area contributed by atoms with Gasteiger partial charge < -0.3 is 9.84 Å². The Labute approximate surface area is 110 Å². The number of rotatable bonds is 3. The van der Waals surface area contributed by atoms with Crippen LogP contribution in [-0.4, -0.2) is 11.1 Å². The van der Waals surface area contributed by atoms with E-state index in [2.05, 4.69) is 16.5 Å². The van der Waals surface area contributed by atoms with Crippen LogP contribution >= 0.6 is 0 Å². The average Bonchev–Trinajstić information content (AvgIpc) is 2.76. The molecule has 1 N–H and O–H groups in total. The molecular weight excluding hydrogens is 242 g/mol. The van der Waals surface area contributed by atoms with Crippen molar-refractivity contribution in [1.82, 2.24) is 10.5 Å². The highest BCUT2D eigenvalue weighted by Gasteiger charge is 2.21. The van der Waals surface area contributed by atoms with Crippen molar-refractivity contribution in [2.24, 2.45) is 0 Å². The number of benzene rings is 1. The first-order valence-corrected chi connectivity index (χ1v) is 5.81. The number of nitriles is 1. The molecule has 1 aromatic heterocycles. The summed E-state index contributed by atoms with van der Waals surface area (Å²) in [5, 5.41) is 15.6. The lowest BCUT2D eigenvalue weighted by Crippen LogP contribution is -2.28. The van der Waals surface area contributed by atoms with Crippen molar-refractivity contribution in [3.8, 4) is 6.07 Å². The maximum absolute atomic E-state index is 12.1. The normalized spacial score (nSPS) is 11.6. The fourth-order valence-electron chi connectivity index (χ4n) is 1.85. The molecule has 0 fully saturated rings. The molecule has 0 radical (unpaired) electrons. The minimum absolute atomic E-state index is 0.355. The van der Waals surface area contributed by atoms with Gasteiger partial charge in [0.25, 0.3) is 5.91 Å². The van der Waals surface area contributed by atoms with Gasteiger partial charge in [-0.3, -0.25) is 4.79 Å². The van der Waals surface area contributed by atoms with Crippen LogP contribution in [0.5, 0.6) is 0 Å². The van der Waals surface area contributed by atoms with E-state index in [0.717, 1.165) is 5.56 Å². The van der Waals surface area contributed by atoms with E-state index in [1.165, 1.54) is 0 Å². The monoisotopic (exact) mass is 255 g/mol. The van der Waals surface area contributed by atoms with Crippen molar-refractivity contribution >= 4 is 5.91 Å². The molecule has 0 bridgehead atoms. The predicted octanol–water partition coefficient (Wildman–Crippen LogP) is 2.29. The van der Waals surface area contributed by atoms with E-state index in [0.29, 0.717) is 17.0 Å². The molecule has 0 saturated heterocycles. The first kappa shape index (κ1) is 12.8. The molecule has 5 heteroatoms. The number of carbonyl (C=O) groups excluding carboxylic acids is 1. The Morgan fingerprint density at radius 3 is 2.58 bits per heavy atom. The fourth-order valence-corrected chi connectivity index (χ4v) is 1.85. The van der Waals surface area contributed by atoms with E-state index >= 15 is 0 Å². The van der Waals surface area contributed by atoms with Crippen LogP contribution in [0.25, 0.3) is 0 Å². The molecule has 19 heavy (non-hydrogen) atoms. The first-order valence-electron chi connectivity index (χ1n) is 5.81. The molecule has 1 unspecified atom stereocenters. The highest BCUT2D eigenvalue weighted by Crippen LogP contribution is 2.16. The average molecular weight is 255 g/mol. The molecule has 0 aliphatic heterocycles. The fraction of sp³-hybridized carbons (Fsp3) is 0.214. The second-order valence-electron chi connectivity index (χ2n) is 4.15. The molecule has 0 aliphatic carbocycles. The topological polar surface area (TPSA) is 78.9 Å². The minimum Gasteiger partial charge on any atom is -0.361 e. The molecular formula is C14H13N3O2. The van der Waals surface area contributed by atoms with Crippen LogP contribution in [0.3, 0.4) is 0 Å². The molecule has 0 aliphatic rings. The van der Waals surface area contributed by atoms with Gasteiger partial charge in [0.2, 0.25) is 0 Å². The lowest BCUT2D eigenvalue weighted by atomic mass is 10.1. The van der Waals surface area contributed by atoms with Crippen LogP contribution in [0.4, 0.5) is 0 Å². The summed E-state index contributed by atoms with van der Waals surface area (Å²) in [4.78, 5) is 12.1. The molecule has 5 nitrogen and oxygen atoms in total. The number of carbonyl (C=O) groups is 1. The Kier molecular flexibility index (Phi) is 3.62. The third kappa shape index (κ3) is 2.63. The highest BCUT2D eigenvalue weighted by molar-refractivity contribution is 5.96. The highest BCUT2D eigenvalue weighted by atomic mass is 16.5. The molecule has 96 valence electrons. The maximum atomic E-state index is 12.1. The van der Waals surface area contributed by atoms with Crippen molar-refractivity contribution in [1.29, 1.82) is 5.26 Å². The van der Waals surface area contributed by atoms with Crippen molar-refractivity contribution in [3.05, 3.63) is 52.9 Å². The van der Waals surface area contributed by atoms with Crippen LogP contribution in [-0.2, 0) is 0 Å². The van der Waals surface area contributed by atoms with Gasteiger partial charge in [-0.2, -0.15) is 5.26 Å². The Morgan fingerprint density at radius 1 is 1.37 bits per heavy atom. The molecule has 0 saturated carbocycles. The first-order chi connectivity index (χ1) is 9.13. The number of nitrogens with zero attached hydrogens (tertiary/aromatic N) is 2. The van der Waals surface area contributed by atoms with Gasteiger partial charge in [0.1, 0.15) is 17.4 Å². The maximum Gasteiger partial charge on any atom is 0.258 e. The van der Waals surface area contributed by atoms with E-state index in [4.69, 9.17) is 9.78 Å². The second kappa shape index (κ2) is 5.36. The summed E-state index contributed by atoms with van der Waals surface area (Å²) >= 11 is 0. The van der Waals surface area contributed by atoms with Gasteiger partial charge in [0, 0.05) is 0 Å². The second-order valence-corrected chi connectivity index (χ2v) is 4.15. The summed E-state index contributed by atoms with van der Waals surface area (Å²) in [5.74, 6) is 0.0893. The van der Waals surface area contributed by atoms with Gasteiger partial charge >= 0.3 is 0 Å². The van der Waals surface area contributed by atoms with Crippen molar-refractivity contribution in [2.75, 3.05) is 0 Å². The van der Waals surface area contributed by atoms with Crippen molar-refractivity contribution in [3.63, 3.8) is 0 Å². The molecule has 1 heterocycles. The standard InChI is InChI=1S/C14H13N3O2/c1-9-13(10(2)19-17-9)14(18)16-12(8-15)11-6-4-3-5-7-11/h3-7,12H,1-2H3,(H,16,18). The lowest BCUT2D eigenvalue weighted by molar-refractivity contribution is 0.0943. The largest absolute Gasteiger partial charge is 0.361 e. The number of hydrogen-bond donors (Lipinski definition) is 1. The van der Waals surface area contributed by atoms with Gasteiger partial charge in [0.05, 0.1) is 11.8 Å². The Bertz CT molecular complexity index is 606. The van der Waals surface area contributed by atoms with Crippen LogP contribution in [0.2, 0.25) is 0 Å². The van der Waals surface area contributed by atoms with Gasteiger partial charge in [-0.05, 0) is 19.4 Å².